The Morgan fingerprint density at radius 2 is 1.50 bits per heavy atom. The third-order valence-electron chi connectivity index (χ3n) is 2.12. The van der Waals surface area contributed by atoms with E-state index in [1.54, 1.807) is 0 Å². The Morgan fingerprint density at radius 3 is 1.70 bits per heavy atom. The zero-order valence-corrected chi connectivity index (χ0v) is 7.69. The molecule has 0 N–H and O–H groups in total. The summed E-state index contributed by atoms with van der Waals surface area (Å²) >= 11 is 0. The predicted molar refractivity (Wildman–Crippen MR) is 47.8 cm³/mol. The summed E-state index contributed by atoms with van der Waals surface area (Å²) in [6.07, 6.45) is 5.34. The molecule has 10 heavy (non-hydrogen) atoms. The van der Waals surface area contributed by atoms with Gasteiger partial charge in [-0.2, -0.15) is 0 Å². The van der Waals surface area contributed by atoms with Crippen molar-refractivity contribution in [1.82, 2.24) is 0 Å². The van der Waals surface area contributed by atoms with Crippen LogP contribution in [0.1, 0.15) is 46.5 Å². The molecule has 0 aromatic rings. The fraction of sp³-hybridized carbons (Fsp3) is 0.900. The molecule has 61 valence electrons. The Bertz CT molecular complexity index is 58.4. The van der Waals surface area contributed by atoms with E-state index in [9.17, 15) is 0 Å². The Labute approximate surface area is 66.0 Å². The molecule has 0 aromatic heterocycles. The van der Waals surface area contributed by atoms with E-state index < -0.39 is 0 Å². The highest BCUT2D eigenvalue weighted by Gasteiger charge is 2.09. The molecule has 0 amide bonds. The van der Waals surface area contributed by atoms with Gasteiger partial charge in [0.05, 0.1) is 0 Å². The maximum Gasteiger partial charge on any atom is -0.0389 e. The van der Waals surface area contributed by atoms with Crippen molar-refractivity contribution >= 4 is 0 Å². The second-order valence-corrected chi connectivity index (χ2v) is 3.31. The minimum Gasteiger partial charge on any atom is -0.0654 e. The summed E-state index contributed by atoms with van der Waals surface area (Å²) < 4.78 is 0. The number of rotatable bonds is 5. The molecular weight excluding hydrogens is 120 g/mol. The van der Waals surface area contributed by atoms with Gasteiger partial charge in [-0.3, -0.25) is 0 Å². The summed E-state index contributed by atoms with van der Waals surface area (Å²) in [6, 6.07) is 0. The van der Waals surface area contributed by atoms with E-state index in [-0.39, 0.29) is 0 Å². The average Bonchev–Trinajstić information content (AvgIpc) is 1.87. The van der Waals surface area contributed by atoms with Crippen LogP contribution in [0, 0.1) is 18.8 Å². The summed E-state index contributed by atoms with van der Waals surface area (Å²) in [5.74, 6) is 1.51. The predicted octanol–water partition coefficient (Wildman–Crippen LogP) is 3.67. The van der Waals surface area contributed by atoms with Crippen molar-refractivity contribution in [1.29, 1.82) is 0 Å². The monoisotopic (exact) mass is 141 g/mol. The molecule has 1 atom stereocenters. The first-order valence-electron chi connectivity index (χ1n) is 4.55. The second-order valence-electron chi connectivity index (χ2n) is 3.31. The molecule has 0 aliphatic rings. The van der Waals surface area contributed by atoms with Crippen LogP contribution in [-0.2, 0) is 0 Å². The highest BCUT2D eigenvalue weighted by Crippen LogP contribution is 2.21. The second kappa shape index (κ2) is 5.76. The van der Waals surface area contributed by atoms with Gasteiger partial charge in [-0.05, 0) is 11.8 Å². The Kier molecular flexibility index (Phi) is 5.76. The van der Waals surface area contributed by atoms with Crippen molar-refractivity contribution in [3.05, 3.63) is 6.92 Å². The lowest BCUT2D eigenvalue weighted by Gasteiger charge is -2.18. The summed E-state index contributed by atoms with van der Waals surface area (Å²) in [7, 11) is 0. The Hall–Kier alpha value is 0. The van der Waals surface area contributed by atoms with Crippen LogP contribution in [0.5, 0.6) is 0 Å². The molecule has 1 unspecified atom stereocenters. The first-order valence-corrected chi connectivity index (χ1v) is 4.55. The van der Waals surface area contributed by atoms with Crippen LogP contribution >= 0.6 is 0 Å². The minimum atomic E-state index is 0.639. The Morgan fingerprint density at radius 1 is 1.10 bits per heavy atom. The van der Waals surface area contributed by atoms with Crippen LogP contribution in [0.4, 0.5) is 0 Å². The molecule has 0 fully saturated rings. The molecule has 0 aromatic carbocycles. The number of hydrogen-bond donors (Lipinski definition) is 0. The topological polar surface area (TPSA) is 0 Å². The largest absolute Gasteiger partial charge is 0.0654 e. The van der Waals surface area contributed by atoms with Crippen molar-refractivity contribution in [3.63, 3.8) is 0 Å². The summed E-state index contributed by atoms with van der Waals surface area (Å²) in [4.78, 5) is 0. The molecule has 0 saturated heterocycles. The third kappa shape index (κ3) is 3.92. The van der Waals surface area contributed by atoms with Crippen molar-refractivity contribution in [3.8, 4) is 0 Å². The van der Waals surface area contributed by atoms with Gasteiger partial charge in [0.25, 0.3) is 0 Å². The van der Waals surface area contributed by atoms with Gasteiger partial charge in [-0.15, -0.1) is 0 Å². The van der Waals surface area contributed by atoms with Gasteiger partial charge >= 0.3 is 0 Å². The molecule has 0 aliphatic carbocycles. The molecule has 0 saturated carbocycles. The van der Waals surface area contributed by atoms with Crippen LogP contribution < -0.4 is 0 Å². The molecule has 0 nitrogen and oxygen atoms in total. The van der Waals surface area contributed by atoms with Crippen LogP contribution in [0.15, 0.2) is 0 Å². The van der Waals surface area contributed by atoms with Gasteiger partial charge in [-0.25, -0.2) is 0 Å². The zero-order valence-electron chi connectivity index (χ0n) is 7.69. The molecular formula is C10H21. The van der Waals surface area contributed by atoms with Gasteiger partial charge in [0, 0.05) is 0 Å². The van der Waals surface area contributed by atoms with Gasteiger partial charge in [0.1, 0.15) is 0 Å². The average molecular weight is 141 g/mol. The fourth-order valence-electron chi connectivity index (χ4n) is 1.45. The maximum absolute atomic E-state index is 4.08. The summed E-state index contributed by atoms with van der Waals surface area (Å²) in [6.45, 7) is 10.8. The maximum atomic E-state index is 4.08. The van der Waals surface area contributed by atoms with E-state index in [0.29, 0.717) is 5.92 Å². The lowest BCUT2D eigenvalue weighted by atomic mass is 9.88. The SMILES string of the molecule is [CH2]C(C)C(CCC)CCC. The summed E-state index contributed by atoms with van der Waals surface area (Å²) in [5, 5.41) is 0. The molecule has 0 rings (SSSR count). The lowest BCUT2D eigenvalue weighted by Crippen LogP contribution is -2.07. The van der Waals surface area contributed by atoms with Gasteiger partial charge < -0.3 is 0 Å². The highest BCUT2D eigenvalue weighted by atomic mass is 14.2. The normalized spacial score (nSPS) is 11.4. The fourth-order valence-corrected chi connectivity index (χ4v) is 1.45. The van der Waals surface area contributed by atoms with Gasteiger partial charge in [-0.1, -0.05) is 53.4 Å². The standard InChI is InChI=1S/C10H21/c1-5-7-10(8-6-2)9(3)4/h9-10H,3,5-8H2,1-2,4H3. The third-order valence-corrected chi connectivity index (χ3v) is 2.12. The van der Waals surface area contributed by atoms with E-state index in [2.05, 4.69) is 27.7 Å². The molecule has 0 heteroatoms. The first-order chi connectivity index (χ1) is 4.72. The smallest absolute Gasteiger partial charge is 0.0389 e. The molecule has 0 aliphatic heterocycles. The van der Waals surface area contributed by atoms with Gasteiger partial charge in [0.15, 0.2) is 0 Å². The van der Waals surface area contributed by atoms with Crippen LogP contribution in [0.2, 0.25) is 0 Å². The van der Waals surface area contributed by atoms with Crippen molar-refractivity contribution < 1.29 is 0 Å². The quantitative estimate of drug-likeness (QED) is 0.548. The zero-order chi connectivity index (χ0) is 7.98. The van der Waals surface area contributed by atoms with E-state index in [0.717, 1.165) is 5.92 Å². The van der Waals surface area contributed by atoms with E-state index >= 15 is 0 Å². The van der Waals surface area contributed by atoms with Crippen LogP contribution in [0.25, 0.3) is 0 Å². The van der Waals surface area contributed by atoms with E-state index in [4.69, 9.17) is 0 Å². The number of hydrogen-bond acceptors (Lipinski definition) is 0. The lowest BCUT2D eigenvalue weighted by molar-refractivity contribution is 0.356. The minimum absolute atomic E-state index is 0.639. The Balaban J connectivity index is 3.50. The van der Waals surface area contributed by atoms with Crippen LogP contribution in [-0.4, -0.2) is 0 Å². The highest BCUT2D eigenvalue weighted by molar-refractivity contribution is 4.66. The van der Waals surface area contributed by atoms with Crippen LogP contribution in [0.3, 0.4) is 0 Å². The van der Waals surface area contributed by atoms with Crippen molar-refractivity contribution in [2.75, 3.05) is 0 Å². The van der Waals surface area contributed by atoms with E-state index in [1.165, 1.54) is 25.7 Å². The summed E-state index contributed by atoms with van der Waals surface area (Å²) in [5.41, 5.74) is 0. The molecule has 0 spiro atoms. The van der Waals surface area contributed by atoms with Crippen molar-refractivity contribution in [2.45, 2.75) is 46.5 Å². The molecule has 1 radical (unpaired) electrons. The van der Waals surface area contributed by atoms with Crippen molar-refractivity contribution in [2.24, 2.45) is 11.8 Å². The molecule has 0 bridgehead atoms. The first kappa shape index (κ1) is 10.0. The van der Waals surface area contributed by atoms with Gasteiger partial charge in [0.2, 0.25) is 0 Å². The molecule has 0 heterocycles. The van der Waals surface area contributed by atoms with E-state index in [1.807, 2.05) is 0 Å².